The molecule has 0 spiro atoms. The lowest BCUT2D eigenvalue weighted by atomic mass is 9.99. The predicted molar refractivity (Wildman–Crippen MR) is 90.2 cm³/mol. The Morgan fingerprint density at radius 3 is 2.83 bits per heavy atom. The fourth-order valence-electron chi connectivity index (χ4n) is 3.46. The van der Waals surface area contributed by atoms with E-state index < -0.39 is 0 Å². The third kappa shape index (κ3) is 2.64. The first-order chi connectivity index (χ1) is 11.1. The second kappa shape index (κ2) is 5.65. The third-order valence-electron chi connectivity index (χ3n) is 4.58. The van der Waals surface area contributed by atoms with Gasteiger partial charge in [-0.15, -0.1) is 0 Å². The smallest absolute Gasteiger partial charge is 0.247 e. The Labute approximate surface area is 142 Å². The third-order valence-corrected chi connectivity index (χ3v) is 5.03. The lowest BCUT2D eigenvalue weighted by Crippen LogP contribution is -2.07. The summed E-state index contributed by atoms with van der Waals surface area (Å²) >= 11 is 12.1. The highest BCUT2D eigenvalue weighted by atomic mass is 35.5. The SMILES string of the molecule is O=c1ccc(C2CCC(n3ccc4c(Cl)nc(Cl)nc43)C2)c[nH]1. The first-order valence-corrected chi connectivity index (χ1v) is 8.25. The average Bonchev–Trinajstić information content (AvgIpc) is 3.14. The monoisotopic (exact) mass is 348 g/mol. The summed E-state index contributed by atoms with van der Waals surface area (Å²) in [5.74, 6) is 0.432. The molecule has 0 amide bonds. The number of rotatable bonds is 2. The molecule has 3 aromatic heterocycles. The number of aromatic nitrogens is 4. The fourth-order valence-corrected chi connectivity index (χ4v) is 3.89. The number of hydrogen-bond donors (Lipinski definition) is 1. The van der Waals surface area contributed by atoms with Gasteiger partial charge in [-0.3, -0.25) is 4.79 Å². The van der Waals surface area contributed by atoms with Crippen LogP contribution in [0.25, 0.3) is 11.0 Å². The molecule has 7 heteroatoms. The van der Waals surface area contributed by atoms with Gasteiger partial charge >= 0.3 is 0 Å². The zero-order valence-corrected chi connectivity index (χ0v) is 13.7. The van der Waals surface area contributed by atoms with E-state index in [-0.39, 0.29) is 10.8 Å². The Balaban J connectivity index is 1.65. The molecule has 0 saturated heterocycles. The minimum atomic E-state index is -0.0688. The molecule has 1 aliphatic carbocycles. The maximum atomic E-state index is 11.2. The van der Waals surface area contributed by atoms with Crippen molar-refractivity contribution in [3.63, 3.8) is 0 Å². The minimum Gasteiger partial charge on any atom is -0.329 e. The lowest BCUT2D eigenvalue weighted by molar-refractivity contribution is 0.523. The van der Waals surface area contributed by atoms with Crippen LogP contribution in [0.5, 0.6) is 0 Å². The number of halogens is 2. The molecule has 3 heterocycles. The number of nitrogens with zero attached hydrogens (tertiary/aromatic N) is 3. The summed E-state index contributed by atoms with van der Waals surface area (Å²) in [6.45, 7) is 0. The van der Waals surface area contributed by atoms with E-state index in [0.29, 0.717) is 17.1 Å². The number of aromatic amines is 1. The number of hydrogen-bond acceptors (Lipinski definition) is 3. The highest BCUT2D eigenvalue weighted by Crippen LogP contribution is 2.42. The van der Waals surface area contributed by atoms with E-state index in [4.69, 9.17) is 23.2 Å². The first kappa shape index (κ1) is 14.7. The largest absolute Gasteiger partial charge is 0.329 e. The summed E-state index contributed by atoms with van der Waals surface area (Å²) in [7, 11) is 0. The molecule has 118 valence electrons. The van der Waals surface area contributed by atoms with Crippen molar-refractivity contribution in [2.75, 3.05) is 0 Å². The molecule has 1 saturated carbocycles. The second-order valence-corrected chi connectivity index (χ2v) is 6.59. The van der Waals surface area contributed by atoms with E-state index in [0.717, 1.165) is 30.3 Å². The Morgan fingerprint density at radius 2 is 2.04 bits per heavy atom. The standard InChI is InChI=1S/C16H14Cl2N4O/c17-14-12-5-6-22(15(12)21-16(18)20-14)11-3-1-9(7-11)10-2-4-13(23)19-8-10/h2,4-6,8-9,11H,1,3,7H2,(H,19,23). The van der Waals surface area contributed by atoms with E-state index in [1.54, 1.807) is 6.07 Å². The molecule has 4 rings (SSSR count). The fraction of sp³-hybridized carbons (Fsp3) is 0.312. The van der Waals surface area contributed by atoms with Crippen LogP contribution in [0.3, 0.4) is 0 Å². The van der Waals surface area contributed by atoms with Crippen molar-refractivity contribution in [2.24, 2.45) is 0 Å². The van der Waals surface area contributed by atoms with Crippen molar-refractivity contribution in [3.05, 3.63) is 56.9 Å². The van der Waals surface area contributed by atoms with Crippen molar-refractivity contribution in [1.29, 1.82) is 0 Å². The number of fused-ring (bicyclic) bond motifs is 1. The van der Waals surface area contributed by atoms with Gasteiger partial charge < -0.3 is 9.55 Å². The van der Waals surface area contributed by atoms with E-state index in [2.05, 4.69) is 19.5 Å². The first-order valence-electron chi connectivity index (χ1n) is 7.50. The van der Waals surface area contributed by atoms with Crippen molar-refractivity contribution in [3.8, 4) is 0 Å². The molecule has 0 aliphatic heterocycles. The van der Waals surface area contributed by atoms with E-state index in [1.165, 1.54) is 5.56 Å². The molecule has 1 N–H and O–H groups in total. The van der Waals surface area contributed by atoms with E-state index >= 15 is 0 Å². The Morgan fingerprint density at radius 1 is 1.17 bits per heavy atom. The van der Waals surface area contributed by atoms with Gasteiger partial charge in [0.05, 0.1) is 5.39 Å². The van der Waals surface area contributed by atoms with Crippen LogP contribution in [-0.4, -0.2) is 19.5 Å². The quantitative estimate of drug-likeness (QED) is 0.563. The van der Waals surface area contributed by atoms with Crippen LogP contribution < -0.4 is 5.56 Å². The van der Waals surface area contributed by atoms with Crippen LogP contribution in [0.1, 0.15) is 36.8 Å². The van der Waals surface area contributed by atoms with Crippen molar-refractivity contribution in [1.82, 2.24) is 19.5 Å². The number of pyridine rings is 1. The number of H-pyrrole nitrogens is 1. The van der Waals surface area contributed by atoms with Crippen LogP contribution >= 0.6 is 23.2 Å². The van der Waals surface area contributed by atoms with Gasteiger partial charge in [0.25, 0.3) is 0 Å². The molecule has 1 fully saturated rings. The predicted octanol–water partition coefficient (Wildman–Crippen LogP) is 3.94. The Bertz CT molecular complexity index is 913. The maximum absolute atomic E-state index is 11.2. The molecule has 0 aromatic carbocycles. The highest BCUT2D eigenvalue weighted by molar-refractivity contribution is 6.35. The van der Waals surface area contributed by atoms with Crippen LogP contribution in [-0.2, 0) is 0 Å². The molecule has 3 aromatic rings. The van der Waals surface area contributed by atoms with Gasteiger partial charge in [0.15, 0.2) is 0 Å². The second-order valence-electron chi connectivity index (χ2n) is 5.89. The van der Waals surface area contributed by atoms with E-state index in [1.807, 2.05) is 24.5 Å². The minimum absolute atomic E-state index is 0.0688. The molecular formula is C16H14Cl2N4O. The molecule has 0 radical (unpaired) electrons. The van der Waals surface area contributed by atoms with Crippen LogP contribution in [0, 0.1) is 0 Å². The van der Waals surface area contributed by atoms with Crippen molar-refractivity contribution < 1.29 is 0 Å². The molecular weight excluding hydrogens is 335 g/mol. The summed E-state index contributed by atoms with van der Waals surface area (Å²) in [6.07, 6.45) is 6.94. The Kier molecular flexibility index (Phi) is 3.62. The van der Waals surface area contributed by atoms with Gasteiger partial charge in [0, 0.05) is 24.5 Å². The topological polar surface area (TPSA) is 63.6 Å². The van der Waals surface area contributed by atoms with Gasteiger partial charge in [0.1, 0.15) is 10.8 Å². The molecule has 5 nitrogen and oxygen atoms in total. The molecule has 2 unspecified atom stereocenters. The summed E-state index contributed by atoms with van der Waals surface area (Å²) in [4.78, 5) is 22.3. The lowest BCUT2D eigenvalue weighted by Gasteiger charge is -2.14. The zero-order chi connectivity index (χ0) is 16.0. The van der Waals surface area contributed by atoms with Crippen molar-refractivity contribution >= 4 is 34.2 Å². The van der Waals surface area contributed by atoms with E-state index in [9.17, 15) is 4.79 Å². The van der Waals surface area contributed by atoms with Gasteiger partial charge in [-0.05, 0) is 48.4 Å². The summed E-state index contributed by atoms with van der Waals surface area (Å²) in [5, 5.41) is 1.37. The summed E-state index contributed by atoms with van der Waals surface area (Å²) in [6, 6.07) is 5.77. The molecule has 2 atom stereocenters. The van der Waals surface area contributed by atoms with Crippen LogP contribution in [0.15, 0.2) is 35.4 Å². The molecule has 23 heavy (non-hydrogen) atoms. The Hall–Kier alpha value is -1.85. The highest BCUT2D eigenvalue weighted by Gasteiger charge is 2.28. The average molecular weight is 349 g/mol. The van der Waals surface area contributed by atoms with Gasteiger partial charge in [-0.1, -0.05) is 17.7 Å². The van der Waals surface area contributed by atoms with Gasteiger partial charge in [-0.25, -0.2) is 4.98 Å². The maximum Gasteiger partial charge on any atom is 0.247 e. The summed E-state index contributed by atoms with van der Waals surface area (Å²) < 4.78 is 2.14. The van der Waals surface area contributed by atoms with Crippen molar-refractivity contribution in [2.45, 2.75) is 31.2 Å². The van der Waals surface area contributed by atoms with Gasteiger partial charge in [-0.2, -0.15) is 4.98 Å². The van der Waals surface area contributed by atoms with Crippen LogP contribution in [0.2, 0.25) is 10.4 Å². The molecule has 1 aliphatic rings. The zero-order valence-electron chi connectivity index (χ0n) is 12.2. The van der Waals surface area contributed by atoms with Gasteiger partial charge in [0.2, 0.25) is 10.8 Å². The normalized spacial score (nSPS) is 21.1. The summed E-state index contributed by atoms with van der Waals surface area (Å²) in [5.41, 5.74) is 1.89. The molecule has 0 bridgehead atoms. The van der Waals surface area contributed by atoms with Crippen LogP contribution in [0.4, 0.5) is 0 Å². The number of nitrogens with one attached hydrogen (secondary N) is 1.